The second kappa shape index (κ2) is 7.91. The SMILES string of the molecule is CCc1ccc(-c2cc(CNC(=O)C3CCCN3)ncc2C#N)cc1. The van der Waals surface area contributed by atoms with E-state index in [0.717, 1.165) is 42.6 Å². The van der Waals surface area contributed by atoms with Gasteiger partial charge in [0.2, 0.25) is 5.91 Å². The van der Waals surface area contributed by atoms with Gasteiger partial charge < -0.3 is 10.6 Å². The number of aromatic nitrogens is 1. The second-order valence-electron chi connectivity index (χ2n) is 6.25. The van der Waals surface area contributed by atoms with Crippen LogP contribution in [0.2, 0.25) is 0 Å². The van der Waals surface area contributed by atoms with Gasteiger partial charge in [-0.3, -0.25) is 9.78 Å². The van der Waals surface area contributed by atoms with Gasteiger partial charge in [0.05, 0.1) is 23.8 Å². The van der Waals surface area contributed by atoms with Crippen molar-refractivity contribution in [3.05, 3.63) is 53.3 Å². The molecular weight excluding hydrogens is 312 g/mol. The van der Waals surface area contributed by atoms with E-state index in [2.05, 4.69) is 40.7 Å². The molecule has 0 radical (unpaired) electrons. The monoisotopic (exact) mass is 334 g/mol. The largest absolute Gasteiger partial charge is 0.349 e. The van der Waals surface area contributed by atoms with Crippen LogP contribution in [0.15, 0.2) is 36.5 Å². The van der Waals surface area contributed by atoms with Gasteiger partial charge in [-0.1, -0.05) is 31.2 Å². The minimum absolute atomic E-state index is 0.0116. The number of hydrogen-bond donors (Lipinski definition) is 2. The second-order valence-corrected chi connectivity index (χ2v) is 6.25. The maximum absolute atomic E-state index is 12.1. The Labute approximate surface area is 148 Å². The zero-order valence-electron chi connectivity index (χ0n) is 14.4. The van der Waals surface area contributed by atoms with Gasteiger partial charge in [-0.2, -0.15) is 5.26 Å². The summed E-state index contributed by atoms with van der Waals surface area (Å²) >= 11 is 0. The molecule has 1 saturated heterocycles. The molecule has 5 heteroatoms. The highest BCUT2D eigenvalue weighted by Gasteiger charge is 2.21. The van der Waals surface area contributed by atoms with E-state index in [1.807, 2.05) is 18.2 Å². The van der Waals surface area contributed by atoms with Crippen molar-refractivity contribution < 1.29 is 4.79 Å². The summed E-state index contributed by atoms with van der Waals surface area (Å²) in [7, 11) is 0. The summed E-state index contributed by atoms with van der Waals surface area (Å²) in [5, 5.41) is 15.5. The molecule has 128 valence electrons. The molecule has 1 fully saturated rings. The molecule has 2 heterocycles. The molecule has 1 aliphatic heterocycles. The van der Waals surface area contributed by atoms with Crippen molar-refractivity contribution in [2.75, 3.05) is 6.54 Å². The summed E-state index contributed by atoms with van der Waals surface area (Å²) < 4.78 is 0. The predicted molar refractivity (Wildman–Crippen MR) is 96.6 cm³/mol. The Bertz CT molecular complexity index is 786. The highest BCUT2D eigenvalue weighted by Crippen LogP contribution is 2.24. The van der Waals surface area contributed by atoms with E-state index in [4.69, 9.17) is 0 Å². The van der Waals surface area contributed by atoms with Gasteiger partial charge >= 0.3 is 0 Å². The first-order valence-electron chi connectivity index (χ1n) is 8.70. The van der Waals surface area contributed by atoms with E-state index >= 15 is 0 Å². The minimum atomic E-state index is -0.0977. The fourth-order valence-corrected chi connectivity index (χ4v) is 3.05. The normalized spacial score (nSPS) is 16.4. The molecule has 0 aliphatic carbocycles. The van der Waals surface area contributed by atoms with Crippen molar-refractivity contribution in [3.63, 3.8) is 0 Å². The summed E-state index contributed by atoms with van der Waals surface area (Å²) in [5.41, 5.74) is 4.38. The highest BCUT2D eigenvalue weighted by molar-refractivity contribution is 5.82. The van der Waals surface area contributed by atoms with Crippen LogP contribution in [0.1, 0.15) is 36.6 Å². The molecule has 0 spiro atoms. The molecule has 1 aromatic heterocycles. The average molecular weight is 334 g/mol. The fourth-order valence-electron chi connectivity index (χ4n) is 3.05. The first-order chi connectivity index (χ1) is 12.2. The van der Waals surface area contributed by atoms with Crippen LogP contribution in [-0.4, -0.2) is 23.5 Å². The Morgan fingerprint density at radius 3 is 2.84 bits per heavy atom. The number of rotatable bonds is 5. The molecule has 1 aromatic carbocycles. The van der Waals surface area contributed by atoms with Gasteiger partial charge in [0, 0.05) is 11.8 Å². The number of amides is 1. The van der Waals surface area contributed by atoms with Gasteiger partial charge in [0.25, 0.3) is 0 Å². The molecule has 2 N–H and O–H groups in total. The first kappa shape index (κ1) is 17.1. The van der Waals surface area contributed by atoms with E-state index < -0.39 is 0 Å². The lowest BCUT2D eigenvalue weighted by Gasteiger charge is -2.12. The van der Waals surface area contributed by atoms with Crippen LogP contribution >= 0.6 is 0 Å². The van der Waals surface area contributed by atoms with Crippen molar-refractivity contribution in [3.8, 4) is 17.2 Å². The van der Waals surface area contributed by atoms with Crippen molar-refractivity contribution in [1.82, 2.24) is 15.6 Å². The number of nitrogens with zero attached hydrogens (tertiary/aromatic N) is 2. The topological polar surface area (TPSA) is 77.8 Å². The third kappa shape index (κ3) is 4.04. The standard InChI is InChI=1S/C20H22N4O/c1-2-14-5-7-15(8-6-14)18-10-17(23-12-16(18)11-21)13-24-20(25)19-4-3-9-22-19/h5-8,10,12,19,22H,2-4,9,13H2,1H3,(H,24,25). The van der Waals surface area contributed by atoms with E-state index in [0.29, 0.717) is 12.1 Å². The Hall–Kier alpha value is -2.71. The summed E-state index contributed by atoms with van der Waals surface area (Å²) in [5.74, 6) is 0.0116. The number of carbonyl (C=O) groups excluding carboxylic acids is 1. The van der Waals surface area contributed by atoms with Crippen LogP contribution in [0.5, 0.6) is 0 Å². The highest BCUT2D eigenvalue weighted by atomic mass is 16.2. The molecule has 1 amide bonds. The van der Waals surface area contributed by atoms with Crippen LogP contribution in [0, 0.1) is 11.3 Å². The molecule has 0 saturated carbocycles. The summed E-state index contributed by atoms with van der Waals surface area (Å²) in [4.78, 5) is 16.4. The Kier molecular flexibility index (Phi) is 5.42. The number of aryl methyl sites for hydroxylation is 1. The molecular formula is C20H22N4O. The number of pyridine rings is 1. The number of carbonyl (C=O) groups is 1. The zero-order chi connectivity index (χ0) is 17.6. The van der Waals surface area contributed by atoms with Gasteiger partial charge in [-0.25, -0.2) is 0 Å². The Morgan fingerprint density at radius 2 is 2.20 bits per heavy atom. The van der Waals surface area contributed by atoms with Gasteiger partial charge in [-0.05, 0) is 43.0 Å². The molecule has 2 aromatic rings. The van der Waals surface area contributed by atoms with Crippen LogP contribution in [0.4, 0.5) is 0 Å². The molecule has 5 nitrogen and oxygen atoms in total. The number of benzene rings is 1. The Morgan fingerprint density at radius 1 is 1.40 bits per heavy atom. The molecule has 3 rings (SSSR count). The third-order valence-corrected chi connectivity index (χ3v) is 4.57. The van der Waals surface area contributed by atoms with Crippen molar-refractivity contribution in [1.29, 1.82) is 5.26 Å². The summed E-state index contributed by atoms with van der Waals surface area (Å²) in [6, 6.07) is 12.2. The maximum atomic E-state index is 12.1. The minimum Gasteiger partial charge on any atom is -0.349 e. The van der Waals surface area contributed by atoms with Crippen LogP contribution in [0.25, 0.3) is 11.1 Å². The lowest BCUT2D eigenvalue weighted by Crippen LogP contribution is -2.40. The van der Waals surface area contributed by atoms with Crippen LogP contribution in [-0.2, 0) is 17.8 Å². The maximum Gasteiger partial charge on any atom is 0.237 e. The summed E-state index contributed by atoms with van der Waals surface area (Å²) in [6.07, 6.45) is 4.47. The van der Waals surface area contributed by atoms with E-state index in [-0.39, 0.29) is 11.9 Å². The van der Waals surface area contributed by atoms with E-state index in [1.54, 1.807) is 6.20 Å². The molecule has 1 atom stereocenters. The summed E-state index contributed by atoms with van der Waals surface area (Å²) in [6.45, 7) is 3.37. The quantitative estimate of drug-likeness (QED) is 0.881. The van der Waals surface area contributed by atoms with E-state index in [9.17, 15) is 10.1 Å². The Balaban J connectivity index is 1.77. The number of nitrogens with one attached hydrogen (secondary N) is 2. The van der Waals surface area contributed by atoms with E-state index in [1.165, 1.54) is 5.56 Å². The molecule has 1 aliphatic rings. The molecule has 25 heavy (non-hydrogen) atoms. The first-order valence-corrected chi connectivity index (χ1v) is 8.70. The lowest BCUT2D eigenvalue weighted by atomic mass is 9.99. The lowest BCUT2D eigenvalue weighted by molar-refractivity contribution is -0.122. The average Bonchev–Trinajstić information content (AvgIpc) is 3.21. The van der Waals surface area contributed by atoms with Gasteiger partial charge in [0.15, 0.2) is 0 Å². The number of hydrogen-bond acceptors (Lipinski definition) is 4. The zero-order valence-corrected chi connectivity index (χ0v) is 14.4. The fraction of sp³-hybridized carbons (Fsp3) is 0.350. The molecule has 0 bridgehead atoms. The molecule has 1 unspecified atom stereocenters. The smallest absolute Gasteiger partial charge is 0.237 e. The number of nitriles is 1. The van der Waals surface area contributed by atoms with Gasteiger partial charge in [-0.15, -0.1) is 0 Å². The van der Waals surface area contributed by atoms with Crippen LogP contribution < -0.4 is 10.6 Å². The van der Waals surface area contributed by atoms with Gasteiger partial charge in [0.1, 0.15) is 6.07 Å². The van der Waals surface area contributed by atoms with Crippen molar-refractivity contribution in [2.24, 2.45) is 0 Å². The van der Waals surface area contributed by atoms with Crippen LogP contribution in [0.3, 0.4) is 0 Å². The predicted octanol–water partition coefficient (Wildman–Crippen LogP) is 2.55. The third-order valence-electron chi connectivity index (χ3n) is 4.57. The van der Waals surface area contributed by atoms with Crippen molar-refractivity contribution >= 4 is 5.91 Å². The van der Waals surface area contributed by atoms with Crippen molar-refractivity contribution in [2.45, 2.75) is 38.8 Å².